The lowest BCUT2D eigenvalue weighted by molar-refractivity contribution is 0.405. The van der Waals surface area contributed by atoms with Crippen molar-refractivity contribution in [2.45, 2.75) is 13.3 Å². The zero-order valence-corrected chi connectivity index (χ0v) is 13.2. The quantitative estimate of drug-likeness (QED) is 0.770. The first kappa shape index (κ1) is 16.2. The van der Waals surface area contributed by atoms with Gasteiger partial charge in [-0.1, -0.05) is 12.1 Å². The van der Waals surface area contributed by atoms with Gasteiger partial charge in [-0.2, -0.15) is 0 Å². The van der Waals surface area contributed by atoms with Gasteiger partial charge in [-0.15, -0.1) is 0 Å². The van der Waals surface area contributed by atoms with E-state index in [-0.39, 0.29) is 5.82 Å². The number of aryl methyl sites for hydroxylation is 1. The van der Waals surface area contributed by atoms with Crippen molar-refractivity contribution in [1.29, 1.82) is 0 Å². The molecule has 0 spiro atoms. The first-order valence-electron chi connectivity index (χ1n) is 7.30. The van der Waals surface area contributed by atoms with E-state index in [1.54, 1.807) is 24.3 Å². The lowest BCUT2D eigenvalue weighted by Gasteiger charge is -2.12. The molecule has 2 N–H and O–H groups in total. The molecule has 0 atom stereocenters. The number of nitrogens with one attached hydrogen (secondary N) is 2. The Balaban J connectivity index is 2.02. The van der Waals surface area contributed by atoms with E-state index in [0.29, 0.717) is 17.3 Å². The van der Waals surface area contributed by atoms with Crippen molar-refractivity contribution in [1.82, 2.24) is 14.9 Å². The van der Waals surface area contributed by atoms with Crippen LogP contribution in [0.3, 0.4) is 0 Å². The van der Waals surface area contributed by atoms with Crippen LogP contribution in [-0.4, -0.2) is 42.1 Å². The number of hydrogen-bond donors (Lipinski definition) is 2. The van der Waals surface area contributed by atoms with Crippen molar-refractivity contribution in [2.24, 2.45) is 0 Å². The minimum Gasteiger partial charge on any atom is -0.370 e. The molecular weight excluding hydrogens is 281 g/mol. The highest BCUT2D eigenvalue weighted by molar-refractivity contribution is 5.59. The van der Waals surface area contributed by atoms with E-state index in [1.807, 2.05) is 21.0 Å². The number of rotatable bonds is 7. The Bertz CT molecular complexity index is 615. The van der Waals surface area contributed by atoms with Crippen LogP contribution in [0.25, 0.3) is 0 Å². The van der Waals surface area contributed by atoms with Gasteiger partial charge < -0.3 is 15.5 Å². The van der Waals surface area contributed by atoms with Crippen LogP contribution in [0.5, 0.6) is 0 Å². The van der Waals surface area contributed by atoms with E-state index in [9.17, 15) is 4.39 Å². The van der Waals surface area contributed by atoms with Gasteiger partial charge in [0.05, 0.1) is 5.69 Å². The average molecular weight is 303 g/mol. The fourth-order valence-electron chi connectivity index (χ4n) is 2.03. The molecule has 2 rings (SSSR count). The highest BCUT2D eigenvalue weighted by Crippen LogP contribution is 2.19. The molecule has 1 aromatic carbocycles. The third-order valence-electron chi connectivity index (χ3n) is 3.06. The molecule has 0 aliphatic rings. The molecule has 0 aliphatic heterocycles. The minimum absolute atomic E-state index is 0.306. The average Bonchev–Trinajstić information content (AvgIpc) is 2.45. The van der Waals surface area contributed by atoms with Gasteiger partial charge in [0, 0.05) is 12.6 Å². The molecule has 22 heavy (non-hydrogen) atoms. The van der Waals surface area contributed by atoms with Gasteiger partial charge in [-0.25, -0.2) is 14.4 Å². The summed E-state index contributed by atoms with van der Waals surface area (Å²) >= 11 is 0. The second kappa shape index (κ2) is 7.70. The molecule has 0 unspecified atom stereocenters. The van der Waals surface area contributed by atoms with Crippen LogP contribution in [0.1, 0.15) is 12.2 Å². The van der Waals surface area contributed by atoms with Crippen LogP contribution >= 0.6 is 0 Å². The van der Waals surface area contributed by atoms with Gasteiger partial charge in [0.2, 0.25) is 0 Å². The second-order valence-electron chi connectivity index (χ2n) is 5.37. The molecule has 118 valence electrons. The number of halogens is 1. The van der Waals surface area contributed by atoms with Crippen LogP contribution in [0, 0.1) is 12.7 Å². The molecule has 0 radical (unpaired) electrons. The van der Waals surface area contributed by atoms with Crippen molar-refractivity contribution in [3.05, 3.63) is 42.0 Å². The number of anilines is 3. The molecular formula is C16H22FN5. The largest absolute Gasteiger partial charge is 0.370 e. The lowest BCUT2D eigenvalue weighted by atomic mass is 10.3. The Labute approximate surface area is 130 Å². The third kappa shape index (κ3) is 4.96. The van der Waals surface area contributed by atoms with E-state index in [4.69, 9.17) is 0 Å². The van der Waals surface area contributed by atoms with Gasteiger partial charge >= 0.3 is 0 Å². The van der Waals surface area contributed by atoms with E-state index in [0.717, 1.165) is 25.3 Å². The van der Waals surface area contributed by atoms with Crippen LogP contribution in [-0.2, 0) is 0 Å². The number of para-hydroxylation sites is 1. The van der Waals surface area contributed by atoms with Crippen LogP contribution < -0.4 is 10.6 Å². The molecule has 1 heterocycles. The maximum Gasteiger partial charge on any atom is 0.146 e. The minimum atomic E-state index is -0.306. The summed E-state index contributed by atoms with van der Waals surface area (Å²) in [6.07, 6.45) is 1.02. The fourth-order valence-corrected chi connectivity index (χ4v) is 2.03. The molecule has 0 aliphatic carbocycles. The van der Waals surface area contributed by atoms with Crippen molar-refractivity contribution in [2.75, 3.05) is 37.8 Å². The normalized spacial score (nSPS) is 10.8. The van der Waals surface area contributed by atoms with Crippen molar-refractivity contribution in [3.63, 3.8) is 0 Å². The first-order chi connectivity index (χ1) is 10.5. The highest BCUT2D eigenvalue weighted by Gasteiger charge is 2.05. The predicted octanol–water partition coefficient (Wildman–Crippen LogP) is 3.03. The summed E-state index contributed by atoms with van der Waals surface area (Å²) in [6, 6.07) is 8.31. The van der Waals surface area contributed by atoms with Crippen molar-refractivity contribution >= 4 is 17.3 Å². The second-order valence-corrected chi connectivity index (χ2v) is 5.37. The van der Waals surface area contributed by atoms with Gasteiger partial charge in [0.15, 0.2) is 0 Å². The first-order valence-corrected chi connectivity index (χ1v) is 7.30. The smallest absolute Gasteiger partial charge is 0.146 e. The highest BCUT2D eigenvalue weighted by atomic mass is 19.1. The molecule has 1 aromatic heterocycles. The summed E-state index contributed by atoms with van der Waals surface area (Å²) in [6.45, 7) is 3.66. The van der Waals surface area contributed by atoms with E-state index < -0.39 is 0 Å². The van der Waals surface area contributed by atoms with E-state index in [2.05, 4.69) is 25.5 Å². The van der Waals surface area contributed by atoms with Gasteiger partial charge in [0.25, 0.3) is 0 Å². The van der Waals surface area contributed by atoms with E-state index >= 15 is 0 Å². The molecule has 0 saturated carbocycles. The Morgan fingerprint density at radius 3 is 2.59 bits per heavy atom. The molecule has 0 bridgehead atoms. The summed E-state index contributed by atoms with van der Waals surface area (Å²) in [7, 11) is 4.09. The molecule has 6 heteroatoms. The zero-order chi connectivity index (χ0) is 15.9. The predicted molar refractivity (Wildman–Crippen MR) is 88.1 cm³/mol. The summed E-state index contributed by atoms with van der Waals surface area (Å²) < 4.78 is 13.7. The van der Waals surface area contributed by atoms with Crippen molar-refractivity contribution in [3.8, 4) is 0 Å². The Hall–Kier alpha value is -2.21. The van der Waals surface area contributed by atoms with Crippen LogP contribution in [0.4, 0.5) is 21.7 Å². The summed E-state index contributed by atoms with van der Waals surface area (Å²) in [5.74, 6) is 1.65. The maximum atomic E-state index is 13.7. The van der Waals surface area contributed by atoms with E-state index in [1.165, 1.54) is 6.07 Å². The zero-order valence-electron chi connectivity index (χ0n) is 13.2. The fraction of sp³-hybridized carbons (Fsp3) is 0.375. The van der Waals surface area contributed by atoms with Crippen molar-refractivity contribution < 1.29 is 4.39 Å². The molecule has 0 amide bonds. The van der Waals surface area contributed by atoms with Gasteiger partial charge in [-0.05, 0) is 46.1 Å². The number of nitrogens with zero attached hydrogens (tertiary/aromatic N) is 3. The topological polar surface area (TPSA) is 53.1 Å². The van der Waals surface area contributed by atoms with Gasteiger partial charge in [-0.3, -0.25) is 0 Å². The Morgan fingerprint density at radius 2 is 1.86 bits per heavy atom. The summed E-state index contributed by atoms with van der Waals surface area (Å²) in [5.41, 5.74) is 0.402. The monoisotopic (exact) mass is 303 g/mol. The Morgan fingerprint density at radius 1 is 1.14 bits per heavy atom. The number of benzene rings is 1. The standard InChI is InChI=1S/C16H22FN5/c1-12-19-15(18-9-6-10-22(2)3)11-16(20-12)21-14-8-5-4-7-13(14)17/h4-5,7-8,11H,6,9-10H2,1-3H3,(H2,18,19,20,21). The van der Waals surface area contributed by atoms with Gasteiger partial charge in [0.1, 0.15) is 23.3 Å². The maximum absolute atomic E-state index is 13.7. The molecule has 2 aromatic rings. The molecule has 0 saturated heterocycles. The number of aromatic nitrogens is 2. The number of hydrogen-bond acceptors (Lipinski definition) is 5. The van der Waals surface area contributed by atoms with Crippen LogP contribution in [0.2, 0.25) is 0 Å². The molecule has 0 fully saturated rings. The summed E-state index contributed by atoms with van der Waals surface area (Å²) in [4.78, 5) is 10.8. The molecule has 5 nitrogen and oxygen atoms in total. The lowest BCUT2D eigenvalue weighted by Crippen LogP contribution is -2.16. The summed E-state index contributed by atoms with van der Waals surface area (Å²) in [5, 5.41) is 6.26. The Kier molecular flexibility index (Phi) is 5.66. The third-order valence-corrected chi connectivity index (χ3v) is 3.06. The SMILES string of the molecule is Cc1nc(NCCCN(C)C)cc(Nc2ccccc2F)n1. The van der Waals surface area contributed by atoms with Crippen LogP contribution in [0.15, 0.2) is 30.3 Å².